The topological polar surface area (TPSA) is 75.4 Å². The van der Waals surface area contributed by atoms with Crippen LogP contribution in [0.1, 0.15) is 38.5 Å². The standard InChI is InChI=1S/C14H25N3O2/c15-13(18)5-6-14(19)16-7-8-17-9-11-1-2-12(10-17)4-3-11/h11-12H,1-10H2,(H2,15,18)(H,16,19). The average Bonchev–Trinajstić information content (AvgIpc) is 2.68. The zero-order valence-electron chi connectivity index (χ0n) is 11.6. The maximum absolute atomic E-state index is 11.5. The number of hydrogen-bond acceptors (Lipinski definition) is 3. The van der Waals surface area contributed by atoms with Crippen molar-refractivity contribution in [3.8, 4) is 0 Å². The Morgan fingerprint density at radius 3 is 2.16 bits per heavy atom. The minimum Gasteiger partial charge on any atom is -0.370 e. The Hall–Kier alpha value is -1.10. The van der Waals surface area contributed by atoms with E-state index in [0.29, 0.717) is 6.54 Å². The van der Waals surface area contributed by atoms with E-state index in [1.165, 1.54) is 38.8 Å². The summed E-state index contributed by atoms with van der Waals surface area (Å²) in [5, 5.41) is 2.87. The van der Waals surface area contributed by atoms with Gasteiger partial charge in [-0.15, -0.1) is 0 Å². The number of nitrogens with two attached hydrogens (primary N) is 1. The third kappa shape index (κ3) is 4.82. The number of nitrogens with zero attached hydrogens (tertiary/aromatic N) is 1. The molecular formula is C14H25N3O2. The number of hydrogen-bond donors (Lipinski definition) is 2. The molecule has 3 aliphatic rings. The molecule has 0 radical (unpaired) electrons. The van der Waals surface area contributed by atoms with Crippen LogP contribution in [0.5, 0.6) is 0 Å². The molecule has 2 saturated heterocycles. The molecule has 0 atom stereocenters. The summed E-state index contributed by atoms with van der Waals surface area (Å²) in [5.41, 5.74) is 5.01. The highest BCUT2D eigenvalue weighted by atomic mass is 16.2. The zero-order valence-corrected chi connectivity index (χ0v) is 11.6. The van der Waals surface area contributed by atoms with Crippen LogP contribution in [-0.4, -0.2) is 42.9 Å². The SMILES string of the molecule is NC(=O)CCC(=O)NCCN1CC2CCC(CC2)C1. The lowest BCUT2D eigenvalue weighted by Crippen LogP contribution is -2.37. The monoisotopic (exact) mass is 267 g/mol. The van der Waals surface area contributed by atoms with Crippen molar-refractivity contribution < 1.29 is 9.59 Å². The van der Waals surface area contributed by atoms with Crippen LogP contribution >= 0.6 is 0 Å². The van der Waals surface area contributed by atoms with Crippen molar-refractivity contribution in [2.24, 2.45) is 17.6 Å². The predicted molar refractivity (Wildman–Crippen MR) is 73.3 cm³/mol. The van der Waals surface area contributed by atoms with Gasteiger partial charge in [0.2, 0.25) is 11.8 Å². The van der Waals surface area contributed by atoms with E-state index in [4.69, 9.17) is 5.73 Å². The second kappa shape index (κ2) is 6.89. The number of nitrogens with one attached hydrogen (secondary N) is 1. The summed E-state index contributed by atoms with van der Waals surface area (Å²) in [7, 11) is 0. The summed E-state index contributed by atoms with van der Waals surface area (Å²) in [6.07, 6.45) is 5.87. The van der Waals surface area contributed by atoms with Crippen LogP contribution < -0.4 is 11.1 Å². The van der Waals surface area contributed by atoms with Gasteiger partial charge in [0.15, 0.2) is 0 Å². The van der Waals surface area contributed by atoms with E-state index in [1.807, 2.05) is 0 Å². The van der Waals surface area contributed by atoms with Crippen molar-refractivity contribution in [1.82, 2.24) is 10.2 Å². The van der Waals surface area contributed by atoms with Gasteiger partial charge in [0.1, 0.15) is 0 Å². The Morgan fingerprint density at radius 1 is 1.05 bits per heavy atom. The van der Waals surface area contributed by atoms with Crippen molar-refractivity contribution in [2.45, 2.75) is 38.5 Å². The molecular weight excluding hydrogens is 242 g/mol. The molecule has 19 heavy (non-hydrogen) atoms. The van der Waals surface area contributed by atoms with Gasteiger partial charge in [0, 0.05) is 39.0 Å². The molecule has 3 rings (SSSR count). The van der Waals surface area contributed by atoms with Gasteiger partial charge in [-0.1, -0.05) is 0 Å². The number of rotatable bonds is 6. The Kier molecular flexibility index (Phi) is 5.19. The average molecular weight is 267 g/mol. The molecule has 3 fully saturated rings. The molecule has 2 aliphatic heterocycles. The molecule has 1 aliphatic carbocycles. The summed E-state index contributed by atoms with van der Waals surface area (Å²) in [6.45, 7) is 3.98. The van der Waals surface area contributed by atoms with Gasteiger partial charge >= 0.3 is 0 Å². The first-order valence-corrected chi connectivity index (χ1v) is 7.41. The maximum Gasteiger partial charge on any atom is 0.220 e. The third-order valence-corrected chi connectivity index (χ3v) is 4.35. The lowest BCUT2D eigenvalue weighted by molar-refractivity contribution is -0.125. The summed E-state index contributed by atoms with van der Waals surface area (Å²) in [5.74, 6) is 1.24. The zero-order chi connectivity index (χ0) is 13.7. The van der Waals surface area contributed by atoms with Crippen LogP contribution in [0, 0.1) is 11.8 Å². The van der Waals surface area contributed by atoms with E-state index in [0.717, 1.165) is 18.4 Å². The fourth-order valence-corrected chi connectivity index (χ4v) is 3.26. The van der Waals surface area contributed by atoms with Gasteiger partial charge in [-0.2, -0.15) is 0 Å². The Morgan fingerprint density at radius 2 is 1.63 bits per heavy atom. The molecule has 108 valence electrons. The molecule has 2 heterocycles. The first-order valence-electron chi connectivity index (χ1n) is 7.41. The highest BCUT2D eigenvalue weighted by Gasteiger charge is 2.28. The van der Waals surface area contributed by atoms with Crippen LogP contribution in [0.4, 0.5) is 0 Å². The molecule has 0 spiro atoms. The van der Waals surface area contributed by atoms with E-state index >= 15 is 0 Å². The Bertz CT molecular complexity index is 311. The Balaban J connectivity index is 1.63. The van der Waals surface area contributed by atoms with Gasteiger partial charge in [-0.25, -0.2) is 0 Å². The summed E-state index contributed by atoms with van der Waals surface area (Å²) in [4.78, 5) is 24.5. The molecule has 3 N–H and O–H groups in total. The smallest absolute Gasteiger partial charge is 0.220 e. The van der Waals surface area contributed by atoms with E-state index in [2.05, 4.69) is 10.2 Å². The van der Waals surface area contributed by atoms with E-state index in [1.54, 1.807) is 0 Å². The predicted octanol–water partition coefficient (Wildman–Crippen LogP) is 0.490. The van der Waals surface area contributed by atoms with Crippen molar-refractivity contribution in [2.75, 3.05) is 26.2 Å². The van der Waals surface area contributed by atoms with Gasteiger partial charge in [0.25, 0.3) is 0 Å². The second-order valence-corrected chi connectivity index (χ2v) is 5.96. The molecule has 2 bridgehead atoms. The minimum atomic E-state index is -0.417. The normalized spacial score (nSPS) is 26.9. The third-order valence-electron chi connectivity index (χ3n) is 4.35. The molecule has 0 aromatic rings. The Labute approximate surface area is 114 Å². The molecule has 5 heteroatoms. The van der Waals surface area contributed by atoms with Gasteiger partial charge in [-0.05, 0) is 37.5 Å². The van der Waals surface area contributed by atoms with Gasteiger partial charge < -0.3 is 16.0 Å². The second-order valence-electron chi connectivity index (χ2n) is 5.96. The molecule has 0 aromatic heterocycles. The molecule has 1 saturated carbocycles. The number of carbonyl (C=O) groups excluding carboxylic acids is 2. The summed E-state index contributed by atoms with van der Waals surface area (Å²) in [6, 6.07) is 0. The lowest BCUT2D eigenvalue weighted by Gasteiger charge is -2.22. The number of fused-ring (bicyclic) bond motifs is 4. The van der Waals surface area contributed by atoms with E-state index < -0.39 is 5.91 Å². The van der Waals surface area contributed by atoms with Crippen LogP contribution in [0.3, 0.4) is 0 Å². The highest BCUT2D eigenvalue weighted by molar-refractivity contribution is 5.82. The van der Waals surface area contributed by atoms with Crippen molar-refractivity contribution in [3.05, 3.63) is 0 Å². The van der Waals surface area contributed by atoms with E-state index in [9.17, 15) is 9.59 Å². The van der Waals surface area contributed by atoms with Gasteiger partial charge in [-0.3, -0.25) is 9.59 Å². The van der Waals surface area contributed by atoms with Crippen LogP contribution in [0.25, 0.3) is 0 Å². The van der Waals surface area contributed by atoms with Crippen molar-refractivity contribution in [1.29, 1.82) is 0 Å². The minimum absolute atomic E-state index is 0.0726. The van der Waals surface area contributed by atoms with Crippen molar-refractivity contribution >= 4 is 11.8 Å². The first-order chi connectivity index (χ1) is 9.13. The molecule has 0 unspecified atom stereocenters. The number of primary amides is 1. The molecule has 2 amide bonds. The fourth-order valence-electron chi connectivity index (χ4n) is 3.26. The first kappa shape index (κ1) is 14.3. The quantitative estimate of drug-likeness (QED) is 0.735. The summed E-state index contributed by atoms with van der Waals surface area (Å²) < 4.78 is 0. The molecule has 5 nitrogen and oxygen atoms in total. The number of carbonyl (C=O) groups is 2. The van der Waals surface area contributed by atoms with E-state index in [-0.39, 0.29) is 18.7 Å². The van der Waals surface area contributed by atoms with Crippen LogP contribution in [-0.2, 0) is 9.59 Å². The largest absolute Gasteiger partial charge is 0.370 e. The van der Waals surface area contributed by atoms with Crippen LogP contribution in [0.2, 0.25) is 0 Å². The van der Waals surface area contributed by atoms with Crippen LogP contribution in [0.15, 0.2) is 0 Å². The molecule has 0 aromatic carbocycles. The fraction of sp³-hybridized carbons (Fsp3) is 0.857. The highest BCUT2D eigenvalue weighted by Crippen LogP contribution is 2.33. The van der Waals surface area contributed by atoms with Gasteiger partial charge in [0.05, 0.1) is 0 Å². The van der Waals surface area contributed by atoms with Crippen molar-refractivity contribution in [3.63, 3.8) is 0 Å². The lowest BCUT2D eigenvalue weighted by atomic mass is 9.84. The summed E-state index contributed by atoms with van der Waals surface area (Å²) >= 11 is 0. The maximum atomic E-state index is 11.5. The number of amides is 2.